The highest BCUT2D eigenvalue weighted by atomic mass is 79.9. The minimum absolute atomic E-state index is 0.177. The van der Waals surface area contributed by atoms with Gasteiger partial charge in [-0.3, -0.25) is 9.48 Å². The van der Waals surface area contributed by atoms with Crippen LogP contribution in [0.15, 0.2) is 45.4 Å². The molecular weight excluding hydrogens is 422 g/mol. The Morgan fingerprint density at radius 1 is 1.38 bits per heavy atom. The van der Waals surface area contributed by atoms with E-state index in [1.165, 1.54) is 0 Å². The molecular formula is C18H17BrClN3O3. The van der Waals surface area contributed by atoms with Gasteiger partial charge in [-0.05, 0) is 37.3 Å². The van der Waals surface area contributed by atoms with Gasteiger partial charge in [-0.15, -0.1) is 0 Å². The van der Waals surface area contributed by atoms with Gasteiger partial charge in [-0.1, -0.05) is 27.5 Å². The zero-order chi connectivity index (χ0) is 18.7. The standard InChI is InChI=1S/C18H17BrClN3O3/c1-11-12(9-22-23(11)2)8-21-18(24)17-6-4-14(26-17)10-25-16-5-3-13(19)7-15(16)20/h3-7,9H,8,10H2,1-2H3,(H,21,24). The number of amides is 1. The first-order valence-electron chi connectivity index (χ1n) is 7.86. The fraction of sp³-hybridized carbons (Fsp3) is 0.222. The molecule has 3 aromatic rings. The highest BCUT2D eigenvalue weighted by Crippen LogP contribution is 2.28. The van der Waals surface area contributed by atoms with Crippen LogP contribution in [-0.2, 0) is 20.2 Å². The number of hydrogen-bond donors (Lipinski definition) is 1. The first-order chi connectivity index (χ1) is 12.4. The topological polar surface area (TPSA) is 69.3 Å². The molecule has 1 amide bonds. The van der Waals surface area contributed by atoms with Gasteiger partial charge >= 0.3 is 0 Å². The lowest BCUT2D eigenvalue weighted by molar-refractivity contribution is 0.0919. The van der Waals surface area contributed by atoms with E-state index >= 15 is 0 Å². The number of benzene rings is 1. The molecule has 1 N–H and O–H groups in total. The molecule has 26 heavy (non-hydrogen) atoms. The summed E-state index contributed by atoms with van der Waals surface area (Å²) in [6.45, 7) is 2.51. The van der Waals surface area contributed by atoms with E-state index in [1.807, 2.05) is 20.0 Å². The zero-order valence-corrected chi connectivity index (χ0v) is 16.6. The summed E-state index contributed by atoms with van der Waals surface area (Å²) in [5, 5.41) is 7.46. The van der Waals surface area contributed by atoms with E-state index in [9.17, 15) is 4.79 Å². The quantitative estimate of drug-likeness (QED) is 0.625. The Hall–Kier alpha value is -2.25. The molecule has 0 saturated carbocycles. The second-order valence-electron chi connectivity index (χ2n) is 5.69. The van der Waals surface area contributed by atoms with Gasteiger partial charge in [-0.25, -0.2) is 0 Å². The number of carbonyl (C=O) groups is 1. The molecule has 8 heteroatoms. The fourth-order valence-electron chi connectivity index (χ4n) is 2.30. The number of rotatable bonds is 6. The average Bonchev–Trinajstić information content (AvgIpc) is 3.20. The van der Waals surface area contributed by atoms with Crippen LogP contribution in [0, 0.1) is 6.92 Å². The lowest BCUT2D eigenvalue weighted by Gasteiger charge is -2.06. The summed E-state index contributed by atoms with van der Waals surface area (Å²) in [6, 6.07) is 8.67. The van der Waals surface area contributed by atoms with E-state index in [4.69, 9.17) is 20.8 Å². The molecule has 2 heterocycles. The predicted molar refractivity (Wildman–Crippen MR) is 101 cm³/mol. The third kappa shape index (κ3) is 4.28. The summed E-state index contributed by atoms with van der Waals surface area (Å²) in [4.78, 5) is 12.2. The first kappa shape index (κ1) is 18.5. The van der Waals surface area contributed by atoms with Crippen molar-refractivity contribution in [3.05, 3.63) is 68.8 Å². The largest absolute Gasteiger partial charge is 0.484 e. The average molecular weight is 439 g/mol. The van der Waals surface area contributed by atoms with Gasteiger partial charge in [0.05, 0.1) is 11.2 Å². The summed E-state index contributed by atoms with van der Waals surface area (Å²) in [5.74, 6) is 1.02. The molecule has 0 aliphatic rings. The van der Waals surface area contributed by atoms with Crippen LogP contribution in [0.5, 0.6) is 5.75 Å². The van der Waals surface area contributed by atoms with Crippen LogP contribution >= 0.6 is 27.5 Å². The summed E-state index contributed by atoms with van der Waals surface area (Å²) in [7, 11) is 1.86. The molecule has 0 atom stereocenters. The fourth-order valence-corrected chi connectivity index (χ4v) is 3.03. The Morgan fingerprint density at radius 2 is 2.19 bits per heavy atom. The molecule has 0 bridgehead atoms. The second-order valence-corrected chi connectivity index (χ2v) is 7.01. The summed E-state index contributed by atoms with van der Waals surface area (Å²) < 4.78 is 13.8. The summed E-state index contributed by atoms with van der Waals surface area (Å²) in [5.41, 5.74) is 1.96. The number of aryl methyl sites for hydroxylation is 1. The van der Waals surface area contributed by atoms with Crippen LogP contribution in [0.4, 0.5) is 0 Å². The lowest BCUT2D eigenvalue weighted by atomic mass is 10.2. The van der Waals surface area contributed by atoms with E-state index in [0.29, 0.717) is 23.1 Å². The molecule has 0 spiro atoms. The smallest absolute Gasteiger partial charge is 0.287 e. The van der Waals surface area contributed by atoms with Crippen LogP contribution in [0.1, 0.15) is 27.6 Å². The molecule has 136 valence electrons. The van der Waals surface area contributed by atoms with Gasteiger partial charge in [0, 0.05) is 29.3 Å². The number of nitrogens with zero attached hydrogens (tertiary/aromatic N) is 2. The first-order valence-corrected chi connectivity index (χ1v) is 9.03. The van der Waals surface area contributed by atoms with Crippen molar-refractivity contribution in [2.45, 2.75) is 20.1 Å². The Morgan fingerprint density at radius 3 is 2.88 bits per heavy atom. The van der Waals surface area contributed by atoms with Crippen molar-refractivity contribution in [1.29, 1.82) is 0 Å². The Labute approximate surface area is 164 Å². The predicted octanol–water partition coefficient (Wildman–Crippen LogP) is 4.25. The Bertz CT molecular complexity index is 936. The maximum absolute atomic E-state index is 12.2. The third-order valence-electron chi connectivity index (χ3n) is 3.93. The van der Waals surface area contributed by atoms with E-state index in [-0.39, 0.29) is 18.3 Å². The molecule has 1 aromatic carbocycles. The number of nitrogens with one attached hydrogen (secondary N) is 1. The minimum atomic E-state index is -0.291. The number of aromatic nitrogens is 2. The van der Waals surface area contributed by atoms with Gasteiger partial charge in [0.2, 0.25) is 0 Å². The van der Waals surface area contributed by atoms with Crippen LogP contribution in [0.25, 0.3) is 0 Å². The maximum Gasteiger partial charge on any atom is 0.287 e. The number of ether oxygens (including phenoxy) is 1. The molecule has 0 fully saturated rings. The normalized spacial score (nSPS) is 10.8. The summed E-state index contributed by atoms with van der Waals surface area (Å²) >= 11 is 9.45. The number of hydrogen-bond acceptors (Lipinski definition) is 4. The van der Waals surface area contributed by atoms with Crippen molar-refractivity contribution in [3.63, 3.8) is 0 Å². The van der Waals surface area contributed by atoms with Crippen molar-refractivity contribution in [2.75, 3.05) is 0 Å². The van der Waals surface area contributed by atoms with Crippen molar-refractivity contribution in [3.8, 4) is 5.75 Å². The SMILES string of the molecule is Cc1c(CNC(=O)c2ccc(COc3ccc(Br)cc3Cl)o2)cnn1C. The van der Waals surface area contributed by atoms with Crippen molar-refractivity contribution in [2.24, 2.45) is 7.05 Å². The van der Waals surface area contributed by atoms with E-state index in [1.54, 1.807) is 35.1 Å². The van der Waals surface area contributed by atoms with Crippen LogP contribution in [0.2, 0.25) is 5.02 Å². The molecule has 6 nitrogen and oxygen atoms in total. The molecule has 0 unspecified atom stereocenters. The van der Waals surface area contributed by atoms with Crippen molar-refractivity contribution in [1.82, 2.24) is 15.1 Å². The van der Waals surface area contributed by atoms with Gasteiger partial charge in [0.15, 0.2) is 5.76 Å². The van der Waals surface area contributed by atoms with Crippen LogP contribution in [0.3, 0.4) is 0 Å². The lowest BCUT2D eigenvalue weighted by Crippen LogP contribution is -2.22. The Kier molecular flexibility index (Phi) is 5.68. The number of furan rings is 1. The van der Waals surface area contributed by atoms with E-state index < -0.39 is 0 Å². The molecule has 0 aliphatic heterocycles. The molecule has 3 rings (SSSR count). The highest BCUT2D eigenvalue weighted by Gasteiger charge is 2.13. The van der Waals surface area contributed by atoms with E-state index in [0.717, 1.165) is 15.7 Å². The molecule has 2 aromatic heterocycles. The maximum atomic E-state index is 12.2. The monoisotopic (exact) mass is 437 g/mol. The number of halogens is 2. The molecule has 0 radical (unpaired) electrons. The highest BCUT2D eigenvalue weighted by molar-refractivity contribution is 9.10. The van der Waals surface area contributed by atoms with Gasteiger partial charge < -0.3 is 14.5 Å². The number of carbonyl (C=O) groups excluding carboxylic acids is 1. The van der Waals surface area contributed by atoms with Crippen LogP contribution in [-0.4, -0.2) is 15.7 Å². The Balaban J connectivity index is 1.56. The van der Waals surface area contributed by atoms with Gasteiger partial charge in [0.25, 0.3) is 5.91 Å². The molecule has 0 saturated heterocycles. The molecule has 0 aliphatic carbocycles. The van der Waals surface area contributed by atoms with Gasteiger partial charge in [-0.2, -0.15) is 5.10 Å². The minimum Gasteiger partial charge on any atom is -0.484 e. The van der Waals surface area contributed by atoms with Gasteiger partial charge in [0.1, 0.15) is 18.1 Å². The van der Waals surface area contributed by atoms with E-state index in [2.05, 4.69) is 26.3 Å². The van der Waals surface area contributed by atoms with Crippen LogP contribution < -0.4 is 10.1 Å². The third-order valence-corrected chi connectivity index (χ3v) is 4.71. The second kappa shape index (κ2) is 7.97. The van der Waals surface area contributed by atoms with Crippen molar-refractivity contribution >= 4 is 33.4 Å². The summed E-state index contributed by atoms with van der Waals surface area (Å²) in [6.07, 6.45) is 1.74. The van der Waals surface area contributed by atoms with Crippen molar-refractivity contribution < 1.29 is 13.9 Å². The zero-order valence-electron chi connectivity index (χ0n) is 14.3.